The molecule has 0 aliphatic carbocycles. The number of nitrogens with zero attached hydrogens (tertiary/aromatic N) is 2. The molecule has 0 fully saturated rings. The molecule has 0 atom stereocenters. The molecular weight excluding hydrogens is 258 g/mol. The topological polar surface area (TPSA) is 41.8 Å². The van der Waals surface area contributed by atoms with E-state index in [9.17, 15) is 4.79 Å². The molecule has 0 N–H and O–H groups in total. The van der Waals surface area contributed by atoms with Crippen LogP contribution in [0.25, 0.3) is 5.57 Å². The van der Waals surface area contributed by atoms with Crippen molar-refractivity contribution in [3.63, 3.8) is 0 Å². The molecule has 15 heavy (non-hydrogen) atoms. The molecule has 76 valence electrons. The minimum atomic E-state index is -0.435. The highest BCUT2D eigenvalue weighted by atomic mass is 35.5. The summed E-state index contributed by atoms with van der Waals surface area (Å²) in [4.78, 5) is 11.3. The summed E-state index contributed by atoms with van der Waals surface area (Å²) in [5, 5.41) is 7.63. The number of amides is 1. The van der Waals surface area contributed by atoms with Crippen LogP contribution in [0.1, 0.15) is 5.56 Å². The van der Waals surface area contributed by atoms with Gasteiger partial charge in [-0.3, -0.25) is 4.79 Å². The minimum absolute atomic E-state index is 0.219. The average Bonchev–Trinajstić information content (AvgIpc) is 2.62. The number of carbonyl (C=O) groups is 1. The Kier molecular flexibility index (Phi) is 2.78. The number of hydrogen-bond acceptors (Lipinski definition) is 2. The van der Waals surface area contributed by atoms with Crippen molar-refractivity contribution in [3.05, 3.63) is 39.0 Å². The molecule has 1 heterocycles. The summed E-state index contributed by atoms with van der Waals surface area (Å²) < 4.78 is 0. The number of benzene rings is 1. The van der Waals surface area contributed by atoms with E-state index >= 15 is 0 Å². The van der Waals surface area contributed by atoms with Gasteiger partial charge in [-0.1, -0.05) is 40.9 Å². The smallest absolute Gasteiger partial charge is 0.265 e. The van der Waals surface area contributed by atoms with Gasteiger partial charge in [-0.2, -0.15) is 5.11 Å². The van der Waals surface area contributed by atoms with Gasteiger partial charge in [-0.05, 0) is 6.07 Å². The van der Waals surface area contributed by atoms with Crippen LogP contribution in [0.15, 0.2) is 28.6 Å². The molecule has 0 radical (unpaired) electrons. The Labute approximate surface area is 100 Å². The highest BCUT2D eigenvalue weighted by molar-refractivity contribution is 6.49. The molecule has 1 aromatic carbocycles. The third kappa shape index (κ3) is 1.78. The Morgan fingerprint density at radius 2 is 1.80 bits per heavy atom. The van der Waals surface area contributed by atoms with E-state index in [1.54, 1.807) is 12.1 Å². The molecule has 2 rings (SSSR count). The van der Waals surface area contributed by atoms with E-state index in [0.717, 1.165) is 0 Å². The molecule has 0 bridgehead atoms. The Balaban J connectivity index is 2.56. The number of carbonyl (C=O) groups excluding carboxylic acids is 1. The zero-order valence-corrected chi connectivity index (χ0v) is 9.44. The van der Waals surface area contributed by atoms with E-state index in [1.807, 2.05) is 0 Å². The molecule has 1 amide bonds. The van der Waals surface area contributed by atoms with E-state index in [0.29, 0.717) is 16.2 Å². The molecule has 0 unspecified atom stereocenters. The van der Waals surface area contributed by atoms with E-state index < -0.39 is 5.91 Å². The number of rotatable bonds is 1. The monoisotopic (exact) mass is 260 g/mol. The molecule has 1 aliphatic rings. The van der Waals surface area contributed by atoms with Gasteiger partial charge in [0.1, 0.15) is 0 Å². The van der Waals surface area contributed by atoms with Crippen LogP contribution in [0.3, 0.4) is 0 Å². The second-order valence-electron chi connectivity index (χ2n) is 2.79. The Hall–Kier alpha value is -0.900. The summed E-state index contributed by atoms with van der Waals surface area (Å²) in [6.07, 6.45) is 1.34. The van der Waals surface area contributed by atoms with Gasteiger partial charge in [-0.25, -0.2) is 0 Å². The SMILES string of the molecule is O=C1N=NC=C1c1ccc(Cl)c(Cl)c1Cl. The normalized spacial score (nSPS) is 14.6. The summed E-state index contributed by atoms with van der Waals surface area (Å²) in [5.74, 6) is -0.435. The Bertz CT molecular complexity index is 508. The number of azo groups is 1. The zero-order valence-electron chi connectivity index (χ0n) is 7.17. The first-order valence-electron chi connectivity index (χ1n) is 3.90. The van der Waals surface area contributed by atoms with Crippen molar-refractivity contribution >= 4 is 46.3 Å². The summed E-state index contributed by atoms with van der Waals surface area (Å²) in [7, 11) is 0. The van der Waals surface area contributed by atoms with Crippen molar-refractivity contribution in [1.82, 2.24) is 0 Å². The first-order chi connectivity index (χ1) is 7.11. The zero-order chi connectivity index (χ0) is 11.0. The highest BCUT2D eigenvalue weighted by Crippen LogP contribution is 2.37. The van der Waals surface area contributed by atoms with Gasteiger partial charge < -0.3 is 0 Å². The van der Waals surface area contributed by atoms with Gasteiger partial charge >= 0.3 is 0 Å². The summed E-state index contributed by atoms with van der Waals surface area (Å²) in [6, 6.07) is 3.17. The maximum atomic E-state index is 11.3. The molecule has 6 heteroatoms. The summed E-state index contributed by atoms with van der Waals surface area (Å²) in [5.41, 5.74) is 0.805. The van der Waals surface area contributed by atoms with Crippen LogP contribution >= 0.6 is 34.8 Å². The standard InChI is InChI=1S/C9H3Cl3N2O/c10-6-2-1-4(7(11)8(6)12)5-3-13-14-9(5)15/h1-3H. The second-order valence-corrected chi connectivity index (χ2v) is 3.95. The molecule has 0 spiro atoms. The van der Waals surface area contributed by atoms with Crippen molar-refractivity contribution < 1.29 is 4.79 Å². The van der Waals surface area contributed by atoms with E-state index in [1.165, 1.54) is 6.20 Å². The molecule has 0 saturated carbocycles. The number of hydrogen-bond donors (Lipinski definition) is 0. The average molecular weight is 261 g/mol. The Morgan fingerprint density at radius 3 is 2.40 bits per heavy atom. The fourth-order valence-electron chi connectivity index (χ4n) is 1.17. The van der Waals surface area contributed by atoms with Crippen molar-refractivity contribution in [3.8, 4) is 0 Å². The third-order valence-corrected chi connectivity index (χ3v) is 3.18. The largest absolute Gasteiger partial charge is 0.297 e. The lowest BCUT2D eigenvalue weighted by atomic mass is 10.1. The maximum absolute atomic E-state index is 11.3. The van der Waals surface area contributed by atoms with Crippen LogP contribution in [0, 0.1) is 0 Å². The lowest BCUT2D eigenvalue weighted by Gasteiger charge is -2.05. The van der Waals surface area contributed by atoms with Crippen LogP contribution in [-0.2, 0) is 4.79 Å². The maximum Gasteiger partial charge on any atom is 0.297 e. The molecule has 0 aromatic heterocycles. The lowest BCUT2D eigenvalue weighted by molar-refractivity contribution is -0.112. The Morgan fingerprint density at radius 1 is 1.07 bits per heavy atom. The van der Waals surface area contributed by atoms with Gasteiger partial charge in [0.05, 0.1) is 26.8 Å². The minimum Gasteiger partial charge on any atom is -0.265 e. The van der Waals surface area contributed by atoms with Crippen molar-refractivity contribution in [2.75, 3.05) is 0 Å². The first kappa shape index (κ1) is 10.6. The van der Waals surface area contributed by atoms with Crippen LogP contribution in [0.5, 0.6) is 0 Å². The second kappa shape index (κ2) is 3.93. The fourth-order valence-corrected chi connectivity index (χ4v) is 1.80. The first-order valence-corrected chi connectivity index (χ1v) is 5.04. The molecular formula is C9H3Cl3N2O. The number of halogens is 3. The molecule has 1 aliphatic heterocycles. The van der Waals surface area contributed by atoms with Crippen LogP contribution in [0.2, 0.25) is 15.1 Å². The van der Waals surface area contributed by atoms with E-state index in [2.05, 4.69) is 10.2 Å². The van der Waals surface area contributed by atoms with Crippen molar-refractivity contribution in [2.45, 2.75) is 0 Å². The molecule has 3 nitrogen and oxygen atoms in total. The summed E-state index contributed by atoms with van der Waals surface area (Å²) >= 11 is 17.6. The summed E-state index contributed by atoms with van der Waals surface area (Å²) in [6.45, 7) is 0. The quantitative estimate of drug-likeness (QED) is 0.705. The van der Waals surface area contributed by atoms with Crippen LogP contribution in [0.4, 0.5) is 0 Å². The predicted octanol–water partition coefficient (Wildman–Crippen LogP) is 3.98. The van der Waals surface area contributed by atoms with Gasteiger partial charge in [0.15, 0.2) is 0 Å². The predicted molar refractivity (Wildman–Crippen MR) is 59.3 cm³/mol. The fraction of sp³-hybridized carbons (Fsp3) is 0. The third-order valence-electron chi connectivity index (χ3n) is 1.89. The van der Waals surface area contributed by atoms with Crippen molar-refractivity contribution in [1.29, 1.82) is 0 Å². The molecule has 1 aromatic rings. The van der Waals surface area contributed by atoms with Crippen molar-refractivity contribution in [2.24, 2.45) is 10.2 Å². The van der Waals surface area contributed by atoms with E-state index in [-0.39, 0.29) is 10.0 Å². The van der Waals surface area contributed by atoms with Crippen LogP contribution < -0.4 is 0 Å². The van der Waals surface area contributed by atoms with Gasteiger partial charge in [0.25, 0.3) is 5.91 Å². The van der Waals surface area contributed by atoms with Crippen LogP contribution in [-0.4, -0.2) is 5.91 Å². The van der Waals surface area contributed by atoms with Gasteiger partial charge in [0, 0.05) is 5.56 Å². The van der Waals surface area contributed by atoms with Gasteiger partial charge in [-0.15, -0.1) is 5.11 Å². The molecule has 0 saturated heterocycles. The van der Waals surface area contributed by atoms with Gasteiger partial charge in [0.2, 0.25) is 0 Å². The lowest BCUT2D eigenvalue weighted by Crippen LogP contribution is -1.95. The highest BCUT2D eigenvalue weighted by Gasteiger charge is 2.20. The van der Waals surface area contributed by atoms with E-state index in [4.69, 9.17) is 34.8 Å².